The summed E-state index contributed by atoms with van der Waals surface area (Å²) in [5.41, 5.74) is 7.49. The summed E-state index contributed by atoms with van der Waals surface area (Å²) in [6, 6.07) is 12.4. The predicted molar refractivity (Wildman–Crippen MR) is 118 cm³/mol. The molecular weight excluding hydrogens is 440 g/mol. The summed E-state index contributed by atoms with van der Waals surface area (Å²) in [6.45, 7) is 4.72. The lowest BCUT2D eigenvalue weighted by Gasteiger charge is -2.15. The Morgan fingerprint density at radius 1 is 1.25 bits per heavy atom. The molecule has 6 nitrogen and oxygen atoms in total. The van der Waals surface area contributed by atoms with Crippen LogP contribution in [0.4, 0.5) is 5.69 Å². The molecule has 0 fully saturated rings. The number of hydrazine groups is 1. The van der Waals surface area contributed by atoms with Crippen LogP contribution in [-0.2, 0) is 11.4 Å². The highest BCUT2D eigenvalue weighted by Crippen LogP contribution is 2.30. The van der Waals surface area contributed by atoms with E-state index in [0.717, 1.165) is 32.2 Å². The summed E-state index contributed by atoms with van der Waals surface area (Å²) < 4.78 is 6.95. The Kier molecular flexibility index (Phi) is 8.43. The van der Waals surface area contributed by atoms with Gasteiger partial charge in [-0.1, -0.05) is 12.1 Å². The molecule has 28 heavy (non-hydrogen) atoms. The Morgan fingerprint density at radius 3 is 2.57 bits per heavy atom. The first kappa shape index (κ1) is 21.9. The van der Waals surface area contributed by atoms with Gasteiger partial charge in [0.15, 0.2) is 0 Å². The van der Waals surface area contributed by atoms with Crippen LogP contribution < -0.4 is 21.3 Å². The third kappa shape index (κ3) is 5.79. The Bertz CT molecular complexity index is 930. The van der Waals surface area contributed by atoms with Crippen LogP contribution in [0.25, 0.3) is 10.6 Å². The highest BCUT2D eigenvalue weighted by atomic mass is 79.9. The van der Waals surface area contributed by atoms with Gasteiger partial charge in [-0.05, 0) is 65.2 Å². The van der Waals surface area contributed by atoms with E-state index in [1.165, 1.54) is 11.1 Å². The normalized spacial score (nSPS) is 9.89. The van der Waals surface area contributed by atoms with Crippen molar-refractivity contribution in [1.82, 2.24) is 10.4 Å². The zero-order valence-electron chi connectivity index (χ0n) is 16.0. The number of thiazole rings is 1. The van der Waals surface area contributed by atoms with Gasteiger partial charge in [0, 0.05) is 29.2 Å². The van der Waals surface area contributed by atoms with Gasteiger partial charge in [0.1, 0.15) is 22.0 Å². The number of amides is 1. The quantitative estimate of drug-likeness (QED) is 0.218. The van der Waals surface area contributed by atoms with Gasteiger partial charge in [-0.3, -0.25) is 10.2 Å². The number of anilines is 1. The number of carbonyl (C=O) groups is 1. The van der Waals surface area contributed by atoms with Crippen molar-refractivity contribution < 1.29 is 9.53 Å². The molecule has 0 radical (unpaired) electrons. The first-order chi connectivity index (χ1) is 13.5. The SMILES string of the molecule is CNc1cccc(C)c1COc1ccc(-c2nc(Br)cs2)cc1C.NNC=O. The number of aromatic nitrogens is 1. The second-order valence-corrected chi connectivity index (χ2v) is 7.55. The molecule has 0 atom stereocenters. The molecule has 0 bridgehead atoms. The van der Waals surface area contributed by atoms with Crippen molar-refractivity contribution >= 4 is 39.4 Å². The van der Waals surface area contributed by atoms with Gasteiger partial charge in [0.25, 0.3) is 0 Å². The molecule has 0 saturated heterocycles. The molecule has 1 heterocycles. The van der Waals surface area contributed by atoms with Crippen LogP contribution in [0.5, 0.6) is 5.75 Å². The topological polar surface area (TPSA) is 89.3 Å². The zero-order valence-corrected chi connectivity index (χ0v) is 18.4. The van der Waals surface area contributed by atoms with Gasteiger partial charge in [0.2, 0.25) is 6.41 Å². The molecule has 2 aromatic carbocycles. The van der Waals surface area contributed by atoms with Gasteiger partial charge in [-0.15, -0.1) is 11.3 Å². The maximum atomic E-state index is 8.94. The van der Waals surface area contributed by atoms with Crippen molar-refractivity contribution in [1.29, 1.82) is 0 Å². The van der Waals surface area contributed by atoms with Crippen molar-refractivity contribution in [3.8, 4) is 16.3 Å². The number of nitrogens with two attached hydrogens (primary N) is 1. The van der Waals surface area contributed by atoms with Crippen LogP contribution in [0.15, 0.2) is 46.4 Å². The van der Waals surface area contributed by atoms with Gasteiger partial charge >= 0.3 is 0 Å². The smallest absolute Gasteiger partial charge is 0.221 e. The number of ether oxygens (including phenoxy) is 1. The maximum Gasteiger partial charge on any atom is 0.221 e. The van der Waals surface area contributed by atoms with Crippen LogP contribution in [-0.4, -0.2) is 18.4 Å². The fraction of sp³-hybridized carbons (Fsp3) is 0.200. The number of halogens is 1. The lowest BCUT2D eigenvalue weighted by molar-refractivity contribution is -0.109. The number of aryl methyl sites for hydroxylation is 2. The van der Waals surface area contributed by atoms with Crippen LogP contribution in [0.3, 0.4) is 0 Å². The minimum Gasteiger partial charge on any atom is -0.489 e. The van der Waals surface area contributed by atoms with Crippen molar-refractivity contribution in [2.75, 3.05) is 12.4 Å². The summed E-state index contributed by atoms with van der Waals surface area (Å²) in [5.74, 6) is 5.31. The van der Waals surface area contributed by atoms with E-state index in [1.54, 1.807) is 16.8 Å². The third-order valence-corrected chi connectivity index (χ3v) is 5.62. The molecule has 148 valence electrons. The maximum absolute atomic E-state index is 8.94. The van der Waals surface area contributed by atoms with E-state index in [0.29, 0.717) is 13.0 Å². The predicted octanol–water partition coefficient (Wildman–Crippen LogP) is 4.42. The molecule has 1 amide bonds. The fourth-order valence-electron chi connectivity index (χ4n) is 2.61. The number of hydrogen-bond acceptors (Lipinski definition) is 6. The minimum absolute atomic E-state index is 0.403. The second kappa shape index (κ2) is 10.8. The summed E-state index contributed by atoms with van der Waals surface area (Å²) >= 11 is 5.03. The lowest BCUT2D eigenvalue weighted by Crippen LogP contribution is -2.18. The van der Waals surface area contributed by atoms with E-state index in [4.69, 9.17) is 9.53 Å². The average molecular weight is 463 g/mol. The number of nitrogens with one attached hydrogen (secondary N) is 2. The Morgan fingerprint density at radius 2 is 2.00 bits per heavy atom. The number of rotatable bonds is 6. The number of nitrogens with zero attached hydrogens (tertiary/aromatic N) is 1. The Balaban J connectivity index is 0.000000640. The zero-order chi connectivity index (χ0) is 20.5. The number of hydrogen-bond donors (Lipinski definition) is 3. The molecule has 0 saturated carbocycles. The van der Waals surface area contributed by atoms with Gasteiger partial charge in [-0.25, -0.2) is 10.8 Å². The molecular formula is C20H23BrN4O2S. The van der Waals surface area contributed by atoms with Crippen molar-refractivity contribution in [2.24, 2.45) is 5.84 Å². The molecule has 0 aliphatic heterocycles. The van der Waals surface area contributed by atoms with E-state index in [2.05, 4.69) is 76.3 Å². The first-order valence-electron chi connectivity index (χ1n) is 8.51. The van der Waals surface area contributed by atoms with E-state index < -0.39 is 0 Å². The van der Waals surface area contributed by atoms with Gasteiger partial charge in [0.05, 0.1) is 0 Å². The monoisotopic (exact) mass is 462 g/mol. The van der Waals surface area contributed by atoms with Crippen LogP contribution in [0.2, 0.25) is 0 Å². The highest BCUT2D eigenvalue weighted by Gasteiger charge is 2.09. The van der Waals surface area contributed by atoms with Crippen LogP contribution >= 0.6 is 27.3 Å². The molecule has 0 aliphatic carbocycles. The molecule has 0 aliphatic rings. The lowest BCUT2D eigenvalue weighted by atomic mass is 10.1. The Labute approximate surface area is 177 Å². The van der Waals surface area contributed by atoms with Crippen molar-refractivity contribution in [3.63, 3.8) is 0 Å². The average Bonchev–Trinajstić information content (AvgIpc) is 3.14. The summed E-state index contributed by atoms with van der Waals surface area (Å²) in [6.07, 6.45) is 0.403. The van der Waals surface area contributed by atoms with E-state index >= 15 is 0 Å². The fourth-order valence-corrected chi connectivity index (χ4v) is 3.86. The number of carbonyl (C=O) groups excluding carboxylic acids is 1. The van der Waals surface area contributed by atoms with Crippen molar-refractivity contribution in [3.05, 3.63) is 63.1 Å². The highest BCUT2D eigenvalue weighted by molar-refractivity contribution is 9.10. The van der Waals surface area contributed by atoms with Crippen LogP contribution in [0, 0.1) is 13.8 Å². The largest absolute Gasteiger partial charge is 0.489 e. The molecule has 8 heteroatoms. The van der Waals surface area contributed by atoms with E-state index in [1.807, 2.05) is 18.5 Å². The molecule has 0 unspecified atom stereocenters. The van der Waals surface area contributed by atoms with Crippen molar-refractivity contribution in [2.45, 2.75) is 20.5 Å². The van der Waals surface area contributed by atoms with E-state index in [9.17, 15) is 0 Å². The second-order valence-electron chi connectivity index (χ2n) is 5.88. The molecule has 1 aromatic heterocycles. The third-order valence-electron chi connectivity index (χ3n) is 4.02. The summed E-state index contributed by atoms with van der Waals surface area (Å²) in [5, 5.41) is 6.23. The van der Waals surface area contributed by atoms with Gasteiger partial charge < -0.3 is 10.1 Å². The van der Waals surface area contributed by atoms with E-state index in [-0.39, 0.29) is 0 Å². The number of benzene rings is 2. The Hall–Kier alpha value is -2.42. The molecule has 3 rings (SSSR count). The molecule has 4 N–H and O–H groups in total. The molecule has 3 aromatic rings. The summed E-state index contributed by atoms with van der Waals surface area (Å²) in [4.78, 5) is 13.4. The van der Waals surface area contributed by atoms with Gasteiger partial charge in [-0.2, -0.15) is 0 Å². The summed E-state index contributed by atoms with van der Waals surface area (Å²) in [7, 11) is 1.93. The first-order valence-corrected chi connectivity index (χ1v) is 10.2. The minimum atomic E-state index is 0.403. The van der Waals surface area contributed by atoms with Crippen LogP contribution in [0.1, 0.15) is 16.7 Å². The molecule has 0 spiro atoms. The standard InChI is InChI=1S/C19H19BrN2OS.CH4N2O/c1-12-5-4-6-16(21-3)15(12)10-23-17-8-7-14(9-13(17)2)19-22-18(20)11-24-19;2-3-1-4/h4-9,11,21H,10H2,1-3H3;1H,2H2,(H,3,4).